The fourth-order valence-corrected chi connectivity index (χ4v) is 2.93. The molecule has 0 saturated carbocycles. The summed E-state index contributed by atoms with van der Waals surface area (Å²) in [6.45, 7) is 3.20. The van der Waals surface area contributed by atoms with E-state index in [1.807, 2.05) is 11.6 Å². The third kappa shape index (κ3) is 3.64. The highest BCUT2D eigenvalue weighted by atomic mass is 79.9. The summed E-state index contributed by atoms with van der Waals surface area (Å²) >= 11 is 5.26. The smallest absolute Gasteiger partial charge is 0.0795 e. The lowest BCUT2D eigenvalue weighted by Gasteiger charge is -2.17. The Kier molecular flexibility index (Phi) is 5.35. The van der Waals surface area contributed by atoms with Crippen molar-refractivity contribution in [3.05, 3.63) is 50.9 Å². The van der Waals surface area contributed by atoms with E-state index in [1.165, 1.54) is 10.0 Å². The van der Waals surface area contributed by atoms with Crippen molar-refractivity contribution in [1.29, 1.82) is 0 Å². The van der Waals surface area contributed by atoms with Crippen LogP contribution in [0.15, 0.2) is 39.6 Å². The quantitative estimate of drug-likeness (QED) is 0.861. The number of rotatable bonds is 6. The van der Waals surface area contributed by atoms with Gasteiger partial charge in [-0.3, -0.25) is 0 Å². The van der Waals surface area contributed by atoms with Gasteiger partial charge >= 0.3 is 0 Å². The topological polar surface area (TPSA) is 24.9 Å². The molecule has 1 aromatic carbocycles. The average Bonchev–Trinajstić information content (AvgIpc) is 2.90. The average molecular weight is 325 g/mol. The van der Waals surface area contributed by atoms with Crippen molar-refractivity contribution in [2.75, 3.05) is 6.54 Å². The second-order valence-electron chi connectivity index (χ2n) is 4.22. The summed E-state index contributed by atoms with van der Waals surface area (Å²) in [4.78, 5) is 4.44. The monoisotopic (exact) mass is 324 g/mol. The lowest BCUT2D eigenvalue weighted by molar-refractivity contribution is 0.519. The van der Waals surface area contributed by atoms with Crippen LogP contribution >= 0.6 is 27.3 Å². The van der Waals surface area contributed by atoms with Crippen molar-refractivity contribution in [1.82, 2.24) is 10.3 Å². The van der Waals surface area contributed by atoms with Crippen LogP contribution in [-0.2, 0) is 6.42 Å². The van der Waals surface area contributed by atoms with Crippen molar-refractivity contribution in [2.24, 2.45) is 0 Å². The van der Waals surface area contributed by atoms with Crippen molar-refractivity contribution in [3.63, 3.8) is 0 Å². The van der Waals surface area contributed by atoms with Gasteiger partial charge in [-0.2, -0.15) is 0 Å². The summed E-state index contributed by atoms with van der Waals surface area (Å²) in [6.07, 6.45) is 2.10. The zero-order valence-corrected chi connectivity index (χ0v) is 12.8. The number of benzene rings is 1. The van der Waals surface area contributed by atoms with Crippen molar-refractivity contribution in [3.8, 4) is 0 Å². The molecule has 18 heavy (non-hydrogen) atoms. The number of hydrogen-bond donors (Lipinski definition) is 1. The van der Waals surface area contributed by atoms with Crippen LogP contribution in [0.4, 0.5) is 0 Å². The van der Waals surface area contributed by atoms with E-state index in [1.54, 1.807) is 11.3 Å². The molecule has 2 rings (SSSR count). The highest BCUT2D eigenvalue weighted by molar-refractivity contribution is 9.10. The van der Waals surface area contributed by atoms with E-state index >= 15 is 0 Å². The number of halogens is 1. The van der Waals surface area contributed by atoms with Gasteiger partial charge in [0.1, 0.15) is 0 Å². The van der Waals surface area contributed by atoms with Crippen LogP contribution in [0, 0.1) is 0 Å². The van der Waals surface area contributed by atoms with E-state index in [-0.39, 0.29) is 0 Å². The van der Waals surface area contributed by atoms with E-state index in [4.69, 9.17) is 0 Å². The van der Waals surface area contributed by atoms with Crippen LogP contribution < -0.4 is 5.32 Å². The van der Waals surface area contributed by atoms with E-state index in [0.717, 1.165) is 25.1 Å². The molecule has 0 radical (unpaired) electrons. The molecule has 0 amide bonds. The number of thiazole rings is 1. The zero-order valence-electron chi connectivity index (χ0n) is 10.4. The number of hydrogen-bond acceptors (Lipinski definition) is 3. The maximum Gasteiger partial charge on any atom is 0.0795 e. The van der Waals surface area contributed by atoms with Gasteiger partial charge in [-0.25, -0.2) is 4.98 Å². The minimum atomic E-state index is 0.301. The summed E-state index contributed by atoms with van der Waals surface area (Å²) in [5.74, 6) is 0. The normalized spacial score (nSPS) is 12.6. The molecule has 1 N–H and O–H groups in total. The third-order valence-electron chi connectivity index (χ3n) is 2.83. The van der Waals surface area contributed by atoms with Crippen LogP contribution in [-0.4, -0.2) is 11.5 Å². The van der Waals surface area contributed by atoms with Crippen molar-refractivity contribution in [2.45, 2.75) is 25.8 Å². The first-order valence-corrected chi connectivity index (χ1v) is 7.89. The largest absolute Gasteiger partial charge is 0.308 e. The summed E-state index contributed by atoms with van der Waals surface area (Å²) < 4.78 is 1.17. The Morgan fingerprint density at radius 1 is 1.39 bits per heavy atom. The minimum absolute atomic E-state index is 0.301. The van der Waals surface area contributed by atoms with E-state index in [2.05, 4.69) is 56.7 Å². The van der Waals surface area contributed by atoms with E-state index < -0.39 is 0 Å². The lowest BCUT2D eigenvalue weighted by Crippen LogP contribution is -2.24. The lowest BCUT2D eigenvalue weighted by atomic mass is 10.0. The first kappa shape index (κ1) is 13.7. The maximum atomic E-state index is 4.44. The summed E-state index contributed by atoms with van der Waals surface area (Å²) in [5, 5.41) is 5.70. The molecule has 0 fully saturated rings. The Balaban J connectivity index is 2.13. The van der Waals surface area contributed by atoms with Gasteiger partial charge in [-0.15, -0.1) is 11.3 Å². The molecule has 0 saturated heterocycles. The molecule has 0 aliphatic heterocycles. The van der Waals surface area contributed by atoms with Crippen LogP contribution in [0.2, 0.25) is 0 Å². The molecule has 2 nitrogen and oxygen atoms in total. The molecule has 1 unspecified atom stereocenters. The molecule has 0 aliphatic rings. The molecule has 0 bridgehead atoms. The van der Waals surface area contributed by atoms with Crippen LogP contribution in [0.3, 0.4) is 0 Å². The molecule has 0 spiro atoms. The van der Waals surface area contributed by atoms with Gasteiger partial charge in [0.25, 0.3) is 0 Å². The van der Waals surface area contributed by atoms with Gasteiger partial charge < -0.3 is 5.32 Å². The first-order valence-electron chi connectivity index (χ1n) is 6.16. The SMILES string of the molecule is CCCNC(Cc1ccccc1Br)c1cscn1. The van der Waals surface area contributed by atoms with Gasteiger partial charge in [0.2, 0.25) is 0 Å². The molecule has 1 atom stereocenters. The second-order valence-corrected chi connectivity index (χ2v) is 5.79. The predicted molar refractivity (Wildman–Crippen MR) is 81.0 cm³/mol. The third-order valence-corrected chi connectivity index (χ3v) is 4.21. The Labute approximate surface area is 121 Å². The fourth-order valence-electron chi connectivity index (χ4n) is 1.88. The standard InChI is InChI=1S/C14H17BrN2S/c1-2-7-16-13(14-9-18-10-17-14)8-11-5-3-4-6-12(11)15/h3-6,9-10,13,16H,2,7-8H2,1H3. The molecule has 2 aromatic rings. The Hall–Kier alpha value is -0.710. The van der Waals surface area contributed by atoms with E-state index in [9.17, 15) is 0 Å². The number of aromatic nitrogens is 1. The maximum absolute atomic E-state index is 4.44. The number of nitrogens with one attached hydrogen (secondary N) is 1. The number of nitrogens with zero attached hydrogens (tertiary/aromatic N) is 1. The minimum Gasteiger partial charge on any atom is -0.308 e. The predicted octanol–water partition coefficient (Wildman–Crippen LogP) is 4.19. The second kappa shape index (κ2) is 7.02. The summed E-state index contributed by atoms with van der Waals surface area (Å²) in [5.41, 5.74) is 4.36. The van der Waals surface area contributed by atoms with Gasteiger partial charge in [0.05, 0.1) is 17.2 Å². The van der Waals surface area contributed by atoms with Crippen LogP contribution in [0.5, 0.6) is 0 Å². The molecule has 1 heterocycles. The zero-order chi connectivity index (χ0) is 12.8. The Bertz CT molecular complexity index is 470. The van der Waals surface area contributed by atoms with Crippen molar-refractivity contribution >= 4 is 27.3 Å². The highest BCUT2D eigenvalue weighted by Crippen LogP contribution is 2.23. The fraction of sp³-hybridized carbons (Fsp3) is 0.357. The molecule has 96 valence electrons. The Morgan fingerprint density at radius 3 is 2.89 bits per heavy atom. The highest BCUT2D eigenvalue weighted by Gasteiger charge is 2.14. The molecule has 0 aliphatic carbocycles. The first-order chi connectivity index (χ1) is 8.81. The van der Waals surface area contributed by atoms with Crippen LogP contribution in [0.1, 0.15) is 30.6 Å². The van der Waals surface area contributed by atoms with Gasteiger partial charge in [0, 0.05) is 9.85 Å². The Morgan fingerprint density at radius 2 is 2.22 bits per heavy atom. The van der Waals surface area contributed by atoms with Gasteiger partial charge in [-0.05, 0) is 31.0 Å². The van der Waals surface area contributed by atoms with Crippen molar-refractivity contribution < 1.29 is 0 Å². The molecular weight excluding hydrogens is 308 g/mol. The summed E-state index contributed by atoms with van der Waals surface area (Å²) in [7, 11) is 0. The summed E-state index contributed by atoms with van der Waals surface area (Å²) in [6, 6.07) is 8.68. The van der Waals surface area contributed by atoms with E-state index in [0.29, 0.717) is 6.04 Å². The molecular formula is C14H17BrN2S. The van der Waals surface area contributed by atoms with Gasteiger partial charge in [-0.1, -0.05) is 41.1 Å². The molecule has 4 heteroatoms. The van der Waals surface area contributed by atoms with Gasteiger partial charge in [0.15, 0.2) is 0 Å². The molecule has 1 aromatic heterocycles. The van der Waals surface area contributed by atoms with Crippen LogP contribution in [0.25, 0.3) is 0 Å².